The number of aryl methyl sites for hydroxylation is 1. The Morgan fingerprint density at radius 1 is 0.741 bits per heavy atom. The molecule has 0 amide bonds. The third kappa shape index (κ3) is 8.19. The smallest absolute Gasteiger partial charge is 0 e. The predicted octanol–water partition coefficient (Wildman–Crippen LogP) is 13.5. The number of hydrogen-bond donors (Lipinski definition) is 0. The second kappa shape index (κ2) is 17.6. The average molecular weight is 1040 g/mol. The zero-order chi connectivity index (χ0) is 44.0. The van der Waals surface area contributed by atoms with Crippen molar-refractivity contribution in [1.29, 1.82) is 0 Å². The first-order valence-corrected chi connectivity index (χ1v) is 29.6. The SMILES string of the molecule is [2H]C([2H])([2H])c1c[c-]c(-c2ccc([Si](C)(C)C)cn2)c2sc3ccccc3c12.[2H]C([2H])(c1ccccc1)c1ccc2c(c1)oc1c(-c3cc[c]([Ge]([CH2]C)([CH2]C)[CH2]C)cn3)[c-]ccc12.[Ir]. The van der Waals surface area contributed by atoms with E-state index in [2.05, 4.69) is 76.9 Å². The van der Waals surface area contributed by atoms with E-state index in [1.54, 1.807) is 17.4 Å². The standard InChI is InChI=1S/C30H30GeNO.C21H20NSSi.Ir/c1-4-31(5-2,6-3)24-16-18-28(32-21-24)27-14-10-13-26-25-17-15-23(20-29(25)33-30(26)27)19-22-11-8-7-9-12-22;1-14-9-11-16(18-12-10-15(13-22-18)24(2,3)4)21-20(14)17-7-5-6-8-19(17)23-21;/h7-13,15-18,20-21H,4-6,19H2,1-3H3;5-10,12-13H,1-4H3;/q2*-1;/i19D2;1D3;. The molecule has 0 saturated heterocycles. The number of pyridine rings is 2. The van der Waals surface area contributed by atoms with E-state index in [-0.39, 0.29) is 20.1 Å². The summed E-state index contributed by atoms with van der Waals surface area (Å²) in [4.78, 5) is 9.57. The number of furan rings is 1. The number of aromatic nitrogens is 2. The van der Waals surface area contributed by atoms with E-state index in [1.165, 1.54) is 25.3 Å². The van der Waals surface area contributed by atoms with Crippen molar-refractivity contribution in [1.82, 2.24) is 9.97 Å². The molecule has 0 atom stereocenters. The summed E-state index contributed by atoms with van der Waals surface area (Å²) in [7, 11) is -1.42. The minimum atomic E-state index is -2.17. The van der Waals surface area contributed by atoms with Crippen molar-refractivity contribution in [3.63, 3.8) is 0 Å². The van der Waals surface area contributed by atoms with Gasteiger partial charge in [-0.15, -0.1) is 23.3 Å². The van der Waals surface area contributed by atoms with Gasteiger partial charge in [-0.1, -0.05) is 92.5 Å². The van der Waals surface area contributed by atoms with Crippen molar-refractivity contribution in [2.24, 2.45) is 0 Å². The molecule has 0 spiro atoms. The first-order chi connectivity index (χ1) is 29.6. The number of nitrogens with zero attached hydrogens (tertiary/aromatic N) is 2. The summed E-state index contributed by atoms with van der Waals surface area (Å²) in [5.74, 6) is 0. The van der Waals surface area contributed by atoms with Crippen LogP contribution in [0.2, 0.25) is 35.4 Å². The minimum absolute atomic E-state index is 0. The monoisotopic (exact) mass is 1040 g/mol. The summed E-state index contributed by atoms with van der Waals surface area (Å²) in [5, 5.41) is 8.88. The molecule has 0 aliphatic heterocycles. The summed E-state index contributed by atoms with van der Waals surface area (Å²) in [6.07, 6.45) is 2.44. The minimum Gasteiger partial charge on any atom is 0 e. The molecule has 4 aromatic heterocycles. The number of hydrogen-bond acceptors (Lipinski definition) is 4. The number of fused-ring (bicyclic) bond motifs is 6. The van der Waals surface area contributed by atoms with Crippen LogP contribution in [0.15, 0.2) is 132 Å². The third-order valence-corrected chi connectivity index (χ3v) is 26.4. The van der Waals surface area contributed by atoms with Gasteiger partial charge in [0.15, 0.2) is 0 Å². The summed E-state index contributed by atoms with van der Waals surface area (Å²) in [6.45, 7) is 11.7. The van der Waals surface area contributed by atoms with Gasteiger partial charge in [0, 0.05) is 35.1 Å². The fraction of sp³-hybridized carbons (Fsp3) is 0.216. The quantitative estimate of drug-likeness (QED) is 0.107. The van der Waals surface area contributed by atoms with Crippen molar-refractivity contribution in [2.45, 2.75) is 69.4 Å². The van der Waals surface area contributed by atoms with Crippen molar-refractivity contribution in [3.8, 4) is 22.5 Å². The first kappa shape index (κ1) is 35.7. The van der Waals surface area contributed by atoms with Crippen LogP contribution < -0.4 is 9.58 Å². The summed E-state index contributed by atoms with van der Waals surface area (Å²) in [6, 6.07) is 43.6. The molecule has 9 rings (SSSR count). The largest absolute Gasteiger partial charge is 0 e. The molecule has 295 valence electrons. The van der Waals surface area contributed by atoms with Gasteiger partial charge in [-0.2, -0.15) is 11.3 Å². The van der Waals surface area contributed by atoms with E-state index in [1.807, 2.05) is 97.2 Å². The van der Waals surface area contributed by atoms with Crippen molar-refractivity contribution in [3.05, 3.63) is 156 Å². The van der Waals surface area contributed by atoms with Gasteiger partial charge in [0.1, 0.15) is 0 Å². The molecule has 0 N–H and O–H groups in total. The van der Waals surface area contributed by atoms with Crippen LogP contribution >= 0.6 is 11.3 Å². The van der Waals surface area contributed by atoms with E-state index >= 15 is 0 Å². The predicted molar refractivity (Wildman–Crippen MR) is 251 cm³/mol. The van der Waals surface area contributed by atoms with E-state index in [9.17, 15) is 0 Å². The Labute approximate surface area is 371 Å². The van der Waals surface area contributed by atoms with Gasteiger partial charge in [-0.05, 0) is 27.0 Å². The van der Waals surface area contributed by atoms with Gasteiger partial charge in [0.25, 0.3) is 0 Å². The molecule has 0 saturated carbocycles. The second-order valence-electron chi connectivity index (χ2n) is 15.7. The maximum absolute atomic E-state index is 8.73. The van der Waals surface area contributed by atoms with Crippen LogP contribution in [0.1, 0.15) is 44.3 Å². The molecule has 1 radical (unpaired) electrons. The maximum Gasteiger partial charge on any atom is 0 e. The van der Waals surface area contributed by atoms with Crippen molar-refractivity contribution >= 4 is 84.4 Å². The molecule has 58 heavy (non-hydrogen) atoms. The molecular weight excluding hydrogens is 982 g/mol. The van der Waals surface area contributed by atoms with Crippen molar-refractivity contribution < 1.29 is 31.4 Å². The number of thiophene rings is 1. The second-order valence-corrected chi connectivity index (χ2v) is 32.9. The van der Waals surface area contributed by atoms with Gasteiger partial charge in [-0.25, -0.2) is 0 Å². The topological polar surface area (TPSA) is 38.9 Å². The van der Waals surface area contributed by atoms with Gasteiger partial charge >= 0.3 is 172 Å². The van der Waals surface area contributed by atoms with Crippen molar-refractivity contribution in [2.75, 3.05) is 0 Å². The zero-order valence-electron chi connectivity index (χ0n) is 38.8. The third-order valence-electron chi connectivity index (χ3n) is 11.5. The van der Waals surface area contributed by atoms with E-state index in [0.717, 1.165) is 59.0 Å². The number of benzene rings is 5. The Bertz CT molecular complexity index is 3020. The number of rotatable bonds is 9. The fourth-order valence-corrected chi connectivity index (χ4v) is 17.5. The normalized spacial score (nSPS) is 13.6. The zero-order valence-corrected chi connectivity index (χ0v) is 40.1. The Morgan fingerprint density at radius 3 is 2.16 bits per heavy atom. The van der Waals surface area contributed by atoms with Crippen LogP contribution in [0.25, 0.3) is 64.6 Å². The van der Waals surface area contributed by atoms with Crippen LogP contribution in [-0.2, 0) is 26.5 Å². The molecule has 0 aliphatic carbocycles. The molecule has 5 aromatic carbocycles. The Hall–Kier alpha value is -4.17. The first-order valence-electron chi connectivity index (χ1n) is 22.3. The van der Waals surface area contributed by atoms with Gasteiger partial charge in [0.05, 0.1) is 8.07 Å². The summed E-state index contributed by atoms with van der Waals surface area (Å²) in [5.41, 5.74) is 6.40. The molecule has 4 heterocycles. The van der Waals surface area contributed by atoms with Gasteiger partial charge < -0.3 is 4.98 Å². The molecule has 7 heteroatoms. The van der Waals surface area contributed by atoms with Gasteiger partial charge in [-0.3, -0.25) is 0 Å². The van der Waals surface area contributed by atoms with Crippen LogP contribution in [0.4, 0.5) is 0 Å². The van der Waals surface area contributed by atoms with Gasteiger partial charge in [0.2, 0.25) is 0 Å². The van der Waals surface area contributed by atoms with E-state index in [4.69, 9.17) is 21.2 Å². The van der Waals surface area contributed by atoms with E-state index < -0.39 is 34.6 Å². The summed E-state index contributed by atoms with van der Waals surface area (Å²) >= 11 is -0.446. The molecule has 0 fully saturated rings. The summed E-state index contributed by atoms with van der Waals surface area (Å²) < 4.78 is 51.1. The van der Waals surface area contributed by atoms with E-state index in [0.29, 0.717) is 22.3 Å². The Morgan fingerprint density at radius 2 is 1.47 bits per heavy atom. The Kier molecular flexibility index (Phi) is 10.8. The Balaban J connectivity index is 0.000000192. The van der Waals surface area contributed by atoms with Crippen LogP contribution in [0.5, 0.6) is 0 Å². The fourth-order valence-electron chi connectivity index (χ4n) is 7.86. The molecule has 9 aromatic rings. The maximum atomic E-state index is 8.73. The molecule has 0 unspecified atom stereocenters. The average Bonchev–Trinajstić information content (AvgIpc) is 3.86. The van der Waals surface area contributed by atoms with Crippen LogP contribution in [0.3, 0.4) is 0 Å². The van der Waals surface area contributed by atoms with Crippen LogP contribution in [-0.4, -0.2) is 31.3 Å². The molecule has 0 bridgehead atoms. The molecule has 0 aliphatic rings. The molecular formula is C51H50GeIrN2OSSi-2. The molecule has 3 nitrogen and oxygen atoms in total. The van der Waals surface area contributed by atoms with Crippen LogP contribution in [0, 0.1) is 19.0 Å².